The molecule has 3 atom stereocenters. The van der Waals surface area contributed by atoms with Crippen molar-refractivity contribution in [2.45, 2.75) is 19.8 Å². The number of rotatable bonds is 1. The molecule has 0 saturated carbocycles. The van der Waals surface area contributed by atoms with Crippen LogP contribution in [0.3, 0.4) is 0 Å². The van der Waals surface area contributed by atoms with Gasteiger partial charge in [0.1, 0.15) is 5.78 Å². The largest absolute Gasteiger partial charge is 0.302 e. The number of carbonyl (C=O) groups excluding carboxylic acids is 1. The first-order chi connectivity index (χ1) is 5.25. The van der Waals surface area contributed by atoms with Crippen LogP contribution >= 0.6 is 0 Å². The summed E-state index contributed by atoms with van der Waals surface area (Å²) in [6.45, 7) is 5.25. The van der Waals surface area contributed by atoms with Crippen LogP contribution in [-0.2, 0) is 4.79 Å². The molecule has 11 heavy (non-hydrogen) atoms. The molecule has 62 valence electrons. The molecule has 2 rings (SSSR count). The van der Waals surface area contributed by atoms with Gasteiger partial charge in [-0.15, -0.1) is 0 Å². The molecule has 2 nitrogen and oxygen atoms in total. The lowest BCUT2D eigenvalue weighted by molar-refractivity contribution is -0.122. The van der Waals surface area contributed by atoms with Crippen LogP contribution in [0, 0.1) is 11.8 Å². The van der Waals surface area contributed by atoms with Gasteiger partial charge in [-0.1, -0.05) is 0 Å². The molecule has 0 radical (unpaired) electrons. The summed E-state index contributed by atoms with van der Waals surface area (Å²) in [6, 6.07) is 0. The molecule has 0 aliphatic carbocycles. The third-order valence-corrected chi connectivity index (χ3v) is 3.04. The van der Waals surface area contributed by atoms with Crippen molar-refractivity contribution < 1.29 is 4.79 Å². The molecule has 3 unspecified atom stereocenters. The van der Waals surface area contributed by atoms with E-state index in [0.717, 1.165) is 18.9 Å². The standard InChI is InChI=1S/C9H15NO/c1-7(11)9-4-8-2-3-10(5-8)6-9/h8-9H,2-6H2,1H3. The highest BCUT2D eigenvalue weighted by Gasteiger charge is 2.33. The average molecular weight is 153 g/mol. The fourth-order valence-corrected chi connectivity index (χ4v) is 2.35. The van der Waals surface area contributed by atoms with Crippen LogP contribution in [0.25, 0.3) is 0 Å². The molecule has 0 spiro atoms. The Morgan fingerprint density at radius 2 is 2.27 bits per heavy atom. The van der Waals surface area contributed by atoms with Crippen LogP contribution in [0.4, 0.5) is 0 Å². The Bertz CT molecular complexity index is 166. The quantitative estimate of drug-likeness (QED) is 0.558. The van der Waals surface area contributed by atoms with Crippen LogP contribution in [0.5, 0.6) is 0 Å². The fraction of sp³-hybridized carbons (Fsp3) is 0.889. The van der Waals surface area contributed by atoms with Gasteiger partial charge in [0.15, 0.2) is 0 Å². The number of ketones is 1. The lowest BCUT2D eigenvalue weighted by atomic mass is 9.89. The highest BCUT2D eigenvalue weighted by Crippen LogP contribution is 2.30. The van der Waals surface area contributed by atoms with Crippen molar-refractivity contribution in [2.24, 2.45) is 11.8 Å². The summed E-state index contributed by atoms with van der Waals surface area (Å²) < 4.78 is 0. The molecule has 2 heteroatoms. The van der Waals surface area contributed by atoms with E-state index in [1.54, 1.807) is 6.92 Å². The van der Waals surface area contributed by atoms with Gasteiger partial charge in [0, 0.05) is 19.0 Å². The van der Waals surface area contributed by atoms with Crippen LogP contribution in [0.2, 0.25) is 0 Å². The summed E-state index contributed by atoms with van der Waals surface area (Å²) >= 11 is 0. The number of fused-ring (bicyclic) bond motifs is 2. The summed E-state index contributed by atoms with van der Waals surface area (Å²) in [5.74, 6) is 1.58. The second-order valence-electron chi connectivity index (χ2n) is 3.96. The summed E-state index contributed by atoms with van der Waals surface area (Å²) in [4.78, 5) is 13.5. The first-order valence-corrected chi connectivity index (χ1v) is 4.48. The first-order valence-electron chi connectivity index (χ1n) is 4.48. The Labute approximate surface area is 67.6 Å². The van der Waals surface area contributed by atoms with Crippen molar-refractivity contribution in [3.05, 3.63) is 0 Å². The minimum Gasteiger partial charge on any atom is -0.302 e. The van der Waals surface area contributed by atoms with E-state index in [1.807, 2.05) is 0 Å². The number of Topliss-reactive ketones (excluding diaryl/α,β-unsaturated/α-hetero) is 1. The maximum absolute atomic E-state index is 11.1. The van der Waals surface area contributed by atoms with Gasteiger partial charge in [-0.3, -0.25) is 4.79 Å². The summed E-state index contributed by atoms with van der Waals surface area (Å²) in [5, 5.41) is 0. The SMILES string of the molecule is CC(=O)C1CC2CCN(C2)C1. The van der Waals surface area contributed by atoms with Gasteiger partial charge in [-0.25, -0.2) is 0 Å². The molecule has 2 fully saturated rings. The van der Waals surface area contributed by atoms with Crippen molar-refractivity contribution >= 4 is 5.78 Å². The molecule has 0 N–H and O–H groups in total. The van der Waals surface area contributed by atoms with Crippen LogP contribution in [-0.4, -0.2) is 30.3 Å². The third-order valence-electron chi connectivity index (χ3n) is 3.04. The van der Waals surface area contributed by atoms with E-state index >= 15 is 0 Å². The molecule has 2 saturated heterocycles. The van der Waals surface area contributed by atoms with E-state index in [0.29, 0.717) is 11.7 Å². The van der Waals surface area contributed by atoms with E-state index in [2.05, 4.69) is 4.90 Å². The molecule has 2 heterocycles. The maximum Gasteiger partial charge on any atom is 0.134 e. The number of carbonyl (C=O) groups is 1. The molecule has 2 bridgehead atoms. The van der Waals surface area contributed by atoms with Gasteiger partial charge in [0.2, 0.25) is 0 Å². The van der Waals surface area contributed by atoms with Crippen LogP contribution < -0.4 is 0 Å². The molecule has 0 aromatic rings. The van der Waals surface area contributed by atoms with E-state index in [-0.39, 0.29) is 0 Å². The fourth-order valence-electron chi connectivity index (χ4n) is 2.35. The number of hydrogen-bond donors (Lipinski definition) is 0. The highest BCUT2D eigenvalue weighted by atomic mass is 16.1. The van der Waals surface area contributed by atoms with Crippen LogP contribution in [0.1, 0.15) is 19.8 Å². The Balaban J connectivity index is 2.02. The zero-order chi connectivity index (χ0) is 7.84. The van der Waals surface area contributed by atoms with Crippen molar-refractivity contribution in [2.75, 3.05) is 19.6 Å². The third kappa shape index (κ3) is 1.32. The first kappa shape index (κ1) is 7.29. The zero-order valence-corrected chi connectivity index (χ0v) is 7.05. The minimum absolute atomic E-state index is 0.358. The monoisotopic (exact) mass is 153 g/mol. The topological polar surface area (TPSA) is 20.3 Å². The predicted molar refractivity (Wildman–Crippen MR) is 43.3 cm³/mol. The Kier molecular flexibility index (Phi) is 1.72. The molecule has 2 aliphatic rings. The Morgan fingerprint density at radius 3 is 2.91 bits per heavy atom. The number of hydrogen-bond acceptors (Lipinski definition) is 2. The van der Waals surface area contributed by atoms with E-state index < -0.39 is 0 Å². The zero-order valence-electron chi connectivity index (χ0n) is 7.05. The predicted octanol–water partition coefficient (Wildman–Crippen LogP) is 0.917. The van der Waals surface area contributed by atoms with Gasteiger partial charge in [0.25, 0.3) is 0 Å². The molecule has 0 aromatic carbocycles. The van der Waals surface area contributed by atoms with Crippen molar-refractivity contribution in [1.82, 2.24) is 4.90 Å². The molecular formula is C9H15NO. The maximum atomic E-state index is 11.1. The summed E-state index contributed by atoms with van der Waals surface area (Å²) in [7, 11) is 0. The highest BCUT2D eigenvalue weighted by molar-refractivity contribution is 5.78. The Morgan fingerprint density at radius 1 is 1.45 bits per heavy atom. The molecular weight excluding hydrogens is 138 g/mol. The second-order valence-corrected chi connectivity index (χ2v) is 3.96. The lowest BCUT2D eigenvalue weighted by Gasteiger charge is -2.27. The average Bonchev–Trinajstić information content (AvgIpc) is 2.30. The van der Waals surface area contributed by atoms with E-state index in [4.69, 9.17) is 0 Å². The van der Waals surface area contributed by atoms with Crippen molar-refractivity contribution in [1.29, 1.82) is 0 Å². The summed E-state index contributed by atoms with van der Waals surface area (Å²) in [5.41, 5.74) is 0. The molecule has 2 aliphatic heterocycles. The van der Waals surface area contributed by atoms with Gasteiger partial charge in [0.05, 0.1) is 0 Å². The van der Waals surface area contributed by atoms with Crippen molar-refractivity contribution in [3.8, 4) is 0 Å². The number of nitrogens with zero attached hydrogens (tertiary/aromatic N) is 1. The van der Waals surface area contributed by atoms with Gasteiger partial charge in [-0.2, -0.15) is 0 Å². The van der Waals surface area contributed by atoms with Crippen LogP contribution in [0.15, 0.2) is 0 Å². The van der Waals surface area contributed by atoms with Gasteiger partial charge >= 0.3 is 0 Å². The number of piperidine rings is 1. The Hall–Kier alpha value is -0.370. The van der Waals surface area contributed by atoms with E-state index in [1.165, 1.54) is 19.5 Å². The van der Waals surface area contributed by atoms with Gasteiger partial charge in [-0.05, 0) is 32.2 Å². The van der Waals surface area contributed by atoms with Gasteiger partial charge < -0.3 is 4.90 Å². The molecule has 0 aromatic heterocycles. The second kappa shape index (κ2) is 2.59. The van der Waals surface area contributed by atoms with Crippen molar-refractivity contribution in [3.63, 3.8) is 0 Å². The molecule has 0 amide bonds. The lowest BCUT2D eigenvalue weighted by Crippen LogP contribution is -2.36. The summed E-state index contributed by atoms with van der Waals surface area (Å²) in [6.07, 6.45) is 2.48. The minimum atomic E-state index is 0.358. The van der Waals surface area contributed by atoms with E-state index in [9.17, 15) is 4.79 Å². The smallest absolute Gasteiger partial charge is 0.134 e. The normalized spacial score (nSPS) is 42.5.